The van der Waals surface area contributed by atoms with Crippen molar-refractivity contribution in [3.05, 3.63) is 166 Å². The third kappa shape index (κ3) is 11.8. The summed E-state index contributed by atoms with van der Waals surface area (Å²) in [5.41, 5.74) is 9.62. The topological polar surface area (TPSA) is 168 Å². The van der Waals surface area contributed by atoms with E-state index in [0.717, 1.165) is 50.4 Å². The molecule has 8 aromatic rings. The molecular weight excluding hydrogens is 815 g/mol. The van der Waals surface area contributed by atoms with Gasteiger partial charge in [0.25, 0.3) is 0 Å². The number of fused-ring (bicyclic) bond motifs is 2. The molecule has 0 atom stereocenters. The maximum atomic E-state index is 8.84. The molecular formula is C45H39Cl3N12. The average molecular weight is 854 g/mol. The van der Waals surface area contributed by atoms with Gasteiger partial charge >= 0.3 is 0 Å². The van der Waals surface area contributed by atoms with Gasteiger partial charge in [-0.05, 0) is 66.7 Å². The van der Waals surface area contributed by atoms with E-state index in [1.165, 1.54) is 6.20 Å². The van der Waals surface area contributed by atoms with Crippen LogP contribution in [-0.2, 0) is 0 Å². The molecule has 0 radical (unpaired) electrons. The van der Waals surface area contributed by atoms with Gasteiger partial charge in [-0.15, -0.1) is 0 Å². The van der Waals surface area contributed by atoms with E-state index in [1.54, 1.807) is 30.5 Å². The fourth-order valence-electron chi connectivity index (χ4n) is 5.47. The molecule has 0 amide bonds. The summed E-state index contributed by atoms with van der Waals surface area (Å²) in [5.74, 6) is 3.35. The van der Waals surface area contributed by atoms with Gasteiger partial charge in [0, 0.05) is 60.5 Å². The highest BCUT2D eigenvalue weighted by atomic mass is 35.5. The molecule has 0 aliphatic heterocycles. The number of anilines is 3. The van der Waals surface area contributed by atoms with Crippen LogP contribution in [0.3, 0.4) is 0 Å². The molecule has 4 heterocycles. The minimum absolute atomic E-state index is 0. The molecule has 0 spiro atoms. The first kappa shape index (κ1) is 44.2. The second-order valence-electron chi connectivity index (χ2n) is 12.4. The van der Waals surface area contributed by atoms with Crippen LogP contribution in [0, 0.1) is 17.9 Å². The highest BCUT2D eigenvalue weighted by Gasteiger charge is 2.12. The molecule has 0 aliphatic rings. The molecule has 4 aromatic heterocycles. The number of nitrogens with zero attached hydrogens (tertiary/aromatic N) is 8. The van der Waals surface area contributed by atoms with Crippen molar-refractivity contribution in [1.82, 2.24) is 29.9 Å². The summed E-state index contributed by atoms with van der Waals surface area (Å²) in [6.07, 6.45) is 3.08. The number of benzene rings is 4. The Morgan fingerprint density at radius 1 is 0.600 bits per heavy atom. The van der Waals surface area contributed by atoms with Crippen LogP contribution in [0.1, 0.15) is 13.0 Å². The summed E-state index contributed by atoms with van der Waals surface area (Å²) in [4.78, 5) is 29.6. The molecule has 15 heteroatoms. The lowest BCUT2D eigenvalue weighted by molar-refractivity contribution is 1.01. The van der Waals surface area contributed by atoms with Crippen LogP contribution in [0.25, 0.3) is 49.4 Å². The van der Waals surface area contributed by atoms with E-state index in [9.17, 15) is 0 Å². The monoisotopic (exact) mass is 852 g/mol. The zero-order valence-corrected chi connectivity index (χ0v) is 33.6. The van der Waals surface area contributed by atoms with E-state index in [1.807, 2.05) is 97.1 Å². The van der Waals surface area contributed by atoms with Gasteiger partial charge < -0.3 is 21.7 Å². The Kier molecular flexibility index (Phi) is 16.4. The Bertz CT molecular complexity index is 2740. The molecule has 0 saturated carbocycles. The van der Waals surface area contributed by atoms with E-state index in [4.69, 9.17) is 57.4 Å². The van der Waals surface area contributed by atoms with Gasteiger partial charge in [0.2, 0.25) is 5.69 Å². The highest BCUT2D eigenvalue weighted by molar-refractivity contribution is 6.35. The number of pyridine rings is 2. The normalized spacial score (nSPS) is 10.1. The summed E-state index contributed by atoms with van der Waals surface area (Å²) in [6.45, 7) is 9.24. The highest BCUT2D eigenvalue weighted by Crippen LogP contribution is 2.30. The van der Waals surface area contributed by atoms with Crippen molar-refractivity contribution < 1.29 is 0 Å². The van der Waals surface area contributed by atoms with Gasteiger partial charge in [-0.25, -0.2) is 29.8 Å². The van der Waals surface area contributed by atoms with Gasteiger partial charge in [0.15, 0.2) is 11.6 Å². The van der Waals surface area contributed by atoms with E-state index in [0.29, 0.717) is 64.3 Å². The van der Waals surface area contributed by atoms with E-state index >= 15 is 0 Å². The van der Waals surface area contributed by atoms with Crippen molar-refractivity contribution in [2.45, 2.75) is 7.43 Å². The first-order chi connectivity index (χ1) is 28.9. The zero-order valence-electron chi connectivity index (χ0n) is 31.3. The predicted molar refractivity (Wildman–Crippen MR) is 246 cm³/mol. The second kappa shape index (κ2) is 22.3. The third-order valence-corrected chi connectivity index (χ3v) is 9.28. The Hall–Kier alpha value is -6.93. The molecule has 0 unspecified atom stereocenters. The molecule has 12 nitrogen and oxygen atoms in total. The number of rotatable bonds is 10. The van der Waals surface area contributed by atoms with Crippen LogP contribution in [0.2, 0.25) is 15.2 Å². The van der Waals surface area contributed by atoms with Crippen molar-refractivity contribution in [3.8, 4) is 28.8 Å². The number of nitrogens with two attached hydrogens (primary N) is 1. The average Bonchev–Trinajstić information content (AvgIpc) is 3.28. The van der Waals surface area contributed by atoms with Gasteiger partial charge in [-0.3, -0.25) is 4.98 Å². The van der Waals surface area contributed by atoms with Gasteiger partial charge in [0.05, 0.1) is 33.2 Å². The van der Waals surface area contributed by atoms with E-state index in [-0.39, 0.29) is 7.43 Å². The van der Waals surface area contributed by atoms with Crippen molar-refractivity contribution in [2.24, 2.45) is 5.73 Å². The zero-order chi connectivity index (χ0) is 41.4. The number of halogens is 3. The van der Waals surface area contributed by atoms with Crippen LogP contribution in [0.4, 0.5) is 23.1 Å². The fourth-order valence-corrected chi connectivity index (χ4v) is 6.15. The Balaban J connectivity index is 0.000000188. The molecule has 0 fully saturated rings. The minimum Gasteiger partial charge on any atom is -0.369 e. The van der Waals surface area contributed by atoms with Crippen LogP contribution < -0.4 is 21.7 Å². The molecule has 8 rings (SSSR count). The number of aromatic nitrogens is 6. The van der Waals surface area contributed by atoms with Crippen molar-refractivity contribution in [2.75, 3.05) is 42.1 Å². The van der Waals surface area contributed by atoms with E-state index in [2.05, 4.69) is 51.8 Å². The Morgan fingerprint density at radius 3 is 1.70 bits per heavy atom. The predicted octanol–water partition coefficient (Wildman–Crippen LogP) is 11.0. The Labute approximate surface area is 363 Å². The number of para-hydroxylation sites is 2. The lowest BCUT2D eigenvalue weighted by atomic mass is 10.2. The summed E-state index contributed by atoms with van der Waals surface area (Å²) >= 11 is 18.7. The van der Waals surface area contributed by atoms with E-state index < -0.39 is 0 Å². The van der Waals surface area contributed by atoms with Crippen LogP contribution in [-0.4, -0.2) is 56.1 Å². The van der Waals surface area contributed by atoms with Crippen molar-refractivity contribution >= 4 is 79.7 Å². The Morgan fingerprint density at radius 2 is 1.13 bits per heavy atom. The maximum absolute atomic E-state index is 8.84. The molecule has 300 valence electrons. The van der Waals surface area contributed by atoms with Crippen LogP contribution >= 0.6 is 34.8 Å². The lowest BCUT2D eigenvalue weighted by Crippen LogP contribution is -2.15. The van der Waals surface area contributed by atoms with Crippen molar-refractivity contribution in [3.63, 3.8) is 0 Å². The number of nitrogens with one attached hydrogen (secondary N) is 3. The van der Waals surface area contributed by atoms with Crippen LogP contribution in [0.15, 0.2) is 134 Å². The first-order valence-electron chi connectivity index (χ1n) is 18.2. The number of nitriles is 1. The third-order valence-electron chi connectivity index (χ3n) is 8.33. The molecule has 5 N–H and O–H groups in total. The molecule has 0 saturated heterocycles. The minimum atomic E-state index is 0. The smallest absolute Gasteiger partial charge is 0.205 e. The molecule has 0 aliphatic carbocycles. The van der Waals surface area contributed by atoms with Gasteiger partial charge in [-0.2, -0.15) is 5.26 Å². The molecule has 60 heavy (non-hydrogen) atoms. The largest absolute Gasteiger partial charge is 0.369 e. The summed E-state index contributed by atoms with van der Waals surface area (Å²) in [7, 11) is 0. The van der Waals surface area contributed by atoms with Gasteiger partial charge in [-0.1, -0.05) is 96.8 Å². The molecule has 0 bridgehead atoms. The summed E-state index contributed by atoms with van der Waals surface area (Å²) < 4.78 is 0. The standard InChI is InChI=1S/C22H17ClN6.C14H8Cl2N2.C8H10N4.CH4/c23-18-7-3-1-5-16(18)22-28-19-8-4-2-6-17(19)21(29-22)26-12-11-25-20-10-9-15(13-24)14-27-20;15-11-7-3-1-5-9(11)14-17-12-8-4-2-6-10(12)13(16)18-14;1-10-7-2-3-8(12-6-7)11-5-4-9;/h1-10,14H,11-12H2,(H,25,27)(H,26,28,29);1-8H;2-3,6H,4-5,9H2,(H,11,12);1H4. The lowest BCUT2D eigenvalue weighted by Gasteiger charge is -2.12. The number of hydrogen-bond acceptors (Lipinski definition) is 11. The maximum Gasteiger partial charge on any atom is 0.205 e. The molecule has 4 aromatic carbocycles. The SMILES string of the molecule is C.Clc1ccccc1-c1nc(Cl)c2ccccc2n1.N#Cc1ccc(NCCNc2nc(-c3ccccc3Cl)nc3ccccc23)nc1.[C-]#[N+]c1ccc(NCCN)nc1. The first-order valence-corrected chi connectivity index (χ1v) is 19.3. The summed E-state index contributed by atoms with van der Waals surface area (Å²) in [6, 6.07) is 39.6. The van der Waals surface area contributed by atoms with Crippen LogP contribution in [0.5, 0.6) is 0 Å². The van der Waals surface area contributed by atoms with Gasteiger partial charge in [0.1, 0.15) is 28.7 Å². The summed E-state index contributed by atoms with van der Waals surface area (Å²) in [5, 5.41) is 21.9. The fraction of sp³-hybridized carbons (Fsp3) is 0.111. The van der Waals surface area contributed by atoms with Crippen molar-refractivity contribution in [1.29, 1.82) is 5.26 Å². The quantitative estimate of drug-likeness (QED) is 0.0587. The second-order valence-corrected chi connectivity index (χ2v) is 13.5. The number of hydrogen-bond donors (Lipinski definition) is 4.